The monoisotopic (exact) mass is 320 g/mol. The molecule has 0 radical (unpaired) electrons. The fourth-order valence-corrected chi connectivity index (χ4v) is 3.31. The lowest BCUT2D eigenvalue weighted by Crippen LogP contribution is -2.24. The van der Waals surface area contributed by atoms with Crippen LogP contribution < -0.4 is 16.2 Å². The largest absolute Gasteiger partial charge is 0.355 e. The van der Waals surface area contributed by atoms with Crippen molar-refractivity contribution in [3.63, 3.8) is 0 Å². The van der Waals surface area contributed by atoms with Crippen LogP contribution in [-0.2, 0) is 0 Å². The van der Waals surface area contributed by atoms with Crippen molar-refractivity contribution in [1.29, 1.82) is 0 Å². The Morgan fingerprint density at radius 2 is 1.43 bits per heavy atom. The maximum absolute atomic E-state index is 3.47. The van der Waals surface area contributed by atoms with Crippen LogP contribution in [0, 0.1) is 0 Å². The van der Waals surface area contributed by atoms with Gasteiger partial charge in [-0.1, -0.05) is 47.0 Å². The van der Waals surface area contributed by atoms with Crippen LogP contribution in [0.25, 0.3) is 0 Å². The van der Waals surface area contributed by atoms with Crippen molar-refractivity contribution in [3.05, 3.63) is 78.9 Å². The number of fused-ring (bicyclic) bond motifs is 1. The molecule has 0 amide bonds. The summed E-state index contributed by atoms with van der Waals surface area (Å²) in [5.74, 6) is 0. The first-order valence-electron chi connectivity index (χ1n) is 7.40. The minimum Gasteiger partial charge on any atom is -0.355 e. The lowest BCUT2D eigenvalue weighted by atomic mass is 10.2. The van der Waals surface area contributed by atoms with E-state index in [9.17, 15) is 0 Å². The lowest BCUT2D eigenvalue weighted by Gasteiger charge is -2.16. The average molecular weight is 320 g/mol. The Bertz CT molecular complexity index is 793. The van der Waals surface area contributed by atoms with Crippen molar-refractivity contribution in [2.24, 2.45) is 0 Å². The molecule has 23 heavy (non-hydrogen) atoms. The topological polar surface area (TPSA) is 39.3 Å². The second kappa shape index (κ2) is 6.24. The normalized spacial score (nSPS) is 13.2. The number of benzene rings is 3. The van der Waals surface area contributed by atoms with E-state index in [4.69, 9.17) is 0 Å². The smallest absolute Gasteiger partial charge is 0.0747 e. The number of hydrogen-bond donors (Lipinski definition) is 3. The van der Waals surface area contributed by atoms with Crippen molar-refractivity contribution in [1.82, 2.24) is 4.52 Å². The summed E-state index contributed by atoms with van der Waals surface area (Å²) in [6.07, 6.45) is 0. The van der Waals surface area contributed by atoms with E-state index in [2.05, 4.69) is 40.4 Å². The van der Waals surface area contributed by atoms with E-state index in [0.29, 0.717) is 0 Å². The number of anilines is 4. The highest BCUT2D eigenvalue weighted by atomic mass is 32.2. The molecule has 0 atom stereocenters. The lowest BCUT2D eigenvalue weighted by molar-refractivity contribution is 0.684. The van der Waals surface area contributed by atoms with Gasteiger partial charge in [-0.05, 0) is 36.4 Å². The highest BCUT2D eigenvalue weighted by Crippen LogP contribution is 2.43. The van der Waals surface area contributed by atoms with Gasteiger partial charge in [-0.2, -0.15) is 0 Å². The Hall–Kier alpha value is -2.63. The van der Waals surface area contributed by atoms with Crippen molar-refractivity contribution in [2.75, 3.05) is 16.2 Å². The van der Waals surface area contributed by atoms with E-state index >= 15 is 0 Å². The first-order chi connectivity index (χ1) is 11.4. The Labute approximate surface area is 139 Å². The van der Waals surface area contributed by atoms with E-state index in [-0.39, 0.29) is 0 Å². The summed E-state index contributed by atoms with van der Waals surface area (Å²) in [6, 6.07) is 26.5. The number of hydrazine groups is 2. The van der Waals surface area contributed by atoms with Crippen molar-refractivity contribution in [2.45, 2.75) is 4.90 Å². The van der Waals surface area contributed by atoms with Gasteiger partial charge in [-0.3, -0.25) is 10.9 Å². The van der Waals surface area contributed by atoms with Gasteiger partial charge in [0.25, 0.3) is 0 Å². The van der Waals surface area contributed by atoms with Gasteiger partial charge in [-0.25, -0.2) is 0 Å². The molecule has 0 fully saturated rings. The molecule has 0 aliphatic carbocycles. The standard InChI is InChI=1S/C18H16N4S/c1-3-8-14(9-4-1)19-16-12-7-13-17-18(16)23-22(21-17)20-15-10-5-2-6-11-15/h1-13,19-21H. The minimum absolute atomic E-state index is 1.04. The van der Waals surface area contributed by atoms with Crippen LogP contribution in [0.2, 0.25) is 0 Å². The molecule has 5 heteroatoms. The first-order valence-corrected chi connectivity index (χ1v) is 8.17. The Morgan fingerprint density at radius 3 is 2.17 bits per heavy atom. The molecule has 1 aliphatic heterocycles. The number of nitrogens with one attached hydrogen (secondary N) is 3. The second-order valence-electron chi connectivity index (χ2n) is 5.15. The molecule has 0 unspecified atom stereocenters. The zero-order valence-corrected chi connectivity index (χ0v) is 13.2. The van der Waals surface area contributed by atoms with Gasteiger partial charge in [0.15, 0.2) is 0 Å². The van der Waals surface area contributed by atoms with Gasteiger partial charge in [0.05, 0.1) is 22.0 Å². The highest BCUT2D eigenvalue weighted by molar-refractivity contribution is 7.97. The molecule has 0 bridgehead atoms. The fourth-order valence-electron chi connectivity index (χ4n) is 2.40. The van der Waals surface area contributed by atoms with Gasteiger partial charge in [-0.15, -0.1) is 0 Å². The zero-order valence-electron chi connectivity index (χ0n) is 12.4. The molecule has 1 aliphatic rings. The zero-order chi connectivity index (χ0) is 15.5. The van der Waals surface area contributed by atoms with Crippen molar-refractivity contribution < 1.29 is 0 Å². The molecule has 3 aromatic carbocycles. The third kappa shape index (κ3) is 3.11. The third-order valence-electron chi connectivity index (χ3n) is 3.48. The van der Waals surface area contributed by atoms with Crippen LogP contribution >= 0.6 is 11.9 Å². The van der Waals surface area contributed by atoms with Crippen LogP contribution in [0.1, 0.15) is 0 Å². The van der Waals surface area contributed by atoms with Gasteiger partial charge >= 0.3 is 0 Å². The molecule has 4 rings (SSSR count). The Balaban J connectivity index is 1.53. The van der Waals surface area contributed by atoms with E-state index in [1.807, 2.05) is 59.1 Å². The molecular weight excluding hydrogens is 304 g/mol. The van der Waals surface area contributed by atoms with Crippen LogP contribution in [0.15, 0.2) is 83.8 Å². The van der Waals surface area contributed by atoms with E-state index < -0.39 is 0 Å². The van der Waals surface area contributed by atoms with E-state index in [1.165, 1.54) is 4.90 Å². The Kier molecular flexibility index (Phi) is 3.80. The Morgan fingerprint density at radius 1 is 0.739 bits per heavy atom. The molecule has 0 saturated carbocycles. The predicted molar refractivity (Wildman–Crippen MR) is 97.6 cm³/mol. The summed E-state index contributed by atoms with van der Waals surface area (Å²) in [5, 5.41) is 3.47. The summed E-state index contributed by atoms with van der Waals surface area (Å²) < 4.78 is 1.91. The van der Waals surface area contributed by atoms with E-state index in [1.54, 1.807) is 11.9 Å². The van der Waals surface area contributed by atoms with Crippen molar-refractivity contribution >= 4 is 34.7 Å². The molecule has 0 spiro atoms. The molecular formula is C18H16N4S. The second-order valence-corrected chi connectivity index (χ2v) is 6.10. The summed E-state index contributed by atoms with van der Waals surface area (Å²) >= 11 is 1.63. The average Bonchev–Trinajstić information content (AvgIpc) is 3.00. The molecule has 3 aromatic rings. The van der Waals surface area contributed by atoms with Crippen LogP contribution in [-0.4, -0.2) is 4.52 Å². The number of rotatable bonds is 4. The van der Waals surface area contributed by atoms with Crippen LogP contribution in [0.3, 0.4) is 0 Å². The van der Waals surface area contributed by atoms with Gasteiger partial charge < -0.3 is 5.32 Å². The summed E-state index contributed by atoms with van der Waals surface area (Å²) in [5.41, 5.74) is 11.0. The summed E-state index contributed by atoms with van der Waals surface area (Å²) in [7, 11) is 0. The quantitative estimate of drug-likeness (QED) is 0.583. The van der Waals surface area contributed by atoms with Crippen molar-refractivity contribution in [3.8, 4) is 0 Å². The summed E-state index contributed by atoms with van der Waals surface area (Å²) in [4.78, 5) is 1.17. The van der Waals surface area contributed by atoms with Gasteiger partial charge in [0.2, 0.25) is 0 Å². The van der Waals surface area contributed by atoms with E-state index in [0.717, 1.165) is 22.7 Å². The minimum atomic E-state index is 1.04. The molecule has 4 nitrogen and oxygen atoms in total. The fraction of sp³-hybridized carbons (Fsp3) is 0. The molecule has 1 heterocycles. The predicted octanol–water partition coefficient (Wildman–Crippen LogP) is 5.11. The highest BCUT2D eigenvalue weighted by Gasteiger charge is 2.22. The maximum atomic E-state index is 3.47. The van der Waals surface area contributed by atoms with Gasteiger partial charge in [0.1, 0.15) is 0 Å². The number of para-hydroxylation sites is 2. The number of hydrogen-bond acceptors (Lipinski definition) is 5. The first kappa shape index (κ1) is 14.0. The molecule has 0 saturated heterocycles. The van der Waals surface area contributed by atoms with Gasteiger partial charge in [0, 0.05) is 17.6 Å². The maximum Gasteiger partial charge on any atom is 0.0747 e. The molecule has 3 N–H and O–H groups in total. The summed E-state index contributed by atoms with van der Waals surface area (Å²) in [6.45, 7) is 0. The molecule has 114 valence electrons. The number of nitrogens with zero attached hydrogens (tertiary/aromatic N) is 1. The van der Waals surface area contributed by atoms with Crippen LogP contribution in [0.5, 0.6) is 0 Å². The third-order valence-corrected chi connectivity index (χ3v) is 4.46. The van der Waals surface area contributed by atoms with Crippen LogP contribution in [0.4, 0.5) is 22.7 Å². The molecule has 0 aromatic heterocycles. The SMILES string of the molecule is c1ccc(Nc2cccc3c2SN(Nc2ccccc2)N3)cc1.